The number of aromatic nitrogens is 3. The fourth-order valence-corrected chi connectivity index (χ4v) is 9.12. The van der Waals surface area contributed by atoms with Gasteiger partial charge in [0, 0.05) is 32.5 Å². The van der Waals surface area contributed by atoms with Crippen LogP contribution < -0.4 is 0 Å². The van der Waals surface area contributed by atoms with Crippen molar-refractivity contribution in [2.75, 3.05) is 0 Å². The van der Waals surface area contributed by atoms with Gasteiger partial charge in [-0.05, 0) is 67.7 Å². The van der Waals surface area contributed by atoms with E-state index in [9.17, 15) is 0 Å². The number of rotatable bonds is 5. The number of fused-ring (bicyclic) bond motifs is 10. The van der Waals surface area contributed by atoms with Crippen molar-refractivity contribution in [3.8, 4) is 50.3 Å². The smallest absolute Gasteiger partial charge is 0.0979 e. The van der Waals surface area contributed by atoms with E-state index in [4.69, 9.17) is 9.97 Å². The highest BCUT2D eigenvalue weighted by Crippen LogP contribution is 2.38. The molecule has 0 bridgehead atoms. The number of benzene rings is 10. The van der Waals surface area contributed by atoms with Gasteiger partial charge in [0.2, 0.25) is 0 Å². The van der Waals surface area contributed by atoms with E-state index in [1.165, 1.54) is 76.9 Å². The molecular formula is C56H35N3. The van der Waals surface area contributed by atoms with Gasteiger partial charge in [-0.25, -0.2) is 4.98 Å². The Morgan fingerprint density at radius 2 is 0.763 bits per heavy atom. The Kier molecular flexibility index (Phi) is 7.54. The average molecular weight is 750 g/mol. The molecule has 0 saturated carbocycles. The molecule has 0 saturated heterocycles. The van der Waals surface area contributed by atoms with Crippen molar-refractivity contribution < 1.29 is 0 Å². The first kappa shape index (κ1) is 33.3. The third-order valence-electron chi connectivity index (χ3n) is 12.1. The lowest BCUT2D eigenvalue weighted by Gasteiger charge is -2.12. The Balaban J connectivity index is 0.830. The van der Waals surface area contributed by atoms with Gasteiger partial charge in [-0.3, -0.25) is 4.98 Å². The number of para-hydroxylation sites is 1. The molecule has 0 atom stereocenters. The van der Waals surface area contributed by atoms with Crippen molar-refractivity contribution in [2.24, 2.45) is 0 Å². The summed E-state index contributed by atoms with van der Waals surface area (Å²) in [7, 11) is 0. The summed E-state index contributed by atoms with van der Waals surface area (Å²) in [6.45, 7) is 0. The molecule has 0 fully saturated rings. The van der Waals surface area contributed by atoms with Crippen LogP contribution in [0.25, 0.3) is 115 Å². The largest absolute Gasteiger partial charge is 0.309 e. The first-order chi connectivity index (χ1) is 29.2. The molecule has 10 aromatic carbocycles. The first-order valence-corrected chi connectivity index (χ1v) is 20.1. The van der Waals surface area contributed by atoms with E-state index in [1.807, 2.05) is 6.20 Å². The van der Waals surface area contributed by atoms with Crippen LogP contribution in [0.15, 0.2) is 212 Å². The molecule has 3 nitrogen and oxygen atoms in total. The number of hydrogen-bond donors (Lipinski definition) is 0. The highest BCUT2D eigenvalue weighted by atomic mass is 15.0. The van der Waals surface area contributed by atoms with Crippen LogP contribution in [0.1, 0.15) is 0 Å². The Labute approximate surface area is 341 Å². The van der Waals surface area contributed by atoms with E-state index in [0.29, 0.717) is 0 Å². The Morgan fingerprint density at radius 3 is 1.41 bits per heavy atom. The molecule has 0 unspecified atom stereocenters. The predicted octanol–water partition coefficient (Wildman–Crippen LogP) is 14.9. The summed E-state index contributed by atoms with van der Waals surface area (Å²) in [5, 5.41) is 9.67. The lowest BCUT2D eigenvalue weighted by molar-refractivity contribution is 1.20. The first-order valence-electron chi connectivity index (χ1n) is 20.1. The molecule has 3 heteroatoms. The van der Waals surface area contributed by atoms with Gasteiger partial charge in [-0.1, -0.05) is 188 Å². The minimum absolute atomic E-state index is 0.871. The standard InChI is InChI=1S/C56H35N3/c1-2-12-44-41(10-1)11-9-19-52(44)59-53-18-8-7-15-47(53)48-33-32-43(34-54(48)59)40-26-24-38(25-27-40)36-20-22-37(23-21-36)39-28-30-42(31-29-39)51-35-57-55-49-16-5-3-13-45(49)46-14-4-6-17-50(46)56(55)58-51/h1-35H. The SMILES string of the molecule is c1ccc2c(-n3c4ccccc4c4ccc(-c5ccc(-c6ccc(-c7ccc(-c8cnc9c%10ccccc%10c%10ccccc%10c9n8)cc7)cc6)cc5)cc43)cccc2c1. The van der Waals surface area contributed by atoms with E-state index >= 15 is 0 Å². The molecule has 0 spiro atoms. The van der Waals surface area contributed by atoms with Gasteiger partial charge >= 0.3 is 0 Å². The van der Waals surface area contributed by atoms with Gasteiger partial charge in [-0.15, -0.1) is 0 Å². The van der Waals surface area contributed by atoms with Crippen molar-refractivity contribution in [3.63, 3.8) is 0 Å². The molecule has 0 aliphatic rings. The zero-order chi connectivity index (χ0) is 38.9. The van der Waals surface area contributed by atoms with Gasteiger partial charge in [0.15, 0.2) is 0 Å². The van der Waals surface area contributed by atoms with Crippen LogP contribution in [0.2, 0.25) is 0 Å². The number of hydrogen-bond acceptors (Lipinski definition) is 2. The quantitative estimate of drug-likeness (QED) is 0.164. The van der Waals surface area contributed by atoms with Crippen molar-refractivity contribution in [3.05, 3.63) is 212 Å². The van der Waals surface area contributed by atoms with Gasteiger partial charge in [0.25, 0.3) is 0 Å². The summed E-state index contributed by atoms with van der Waals surface area (Å²) in [4.78, 5) is 10.1. The van der Waals surface area contributed by atoms with E-state index in [-0.39, 0.29) is 0 Å². The lowest BCUT2D eigenvalue weighted by Crippen LogP contribution is -1.95. The van der Waals surface area contributed by atoms with Crippen LogP contribution in [0, 0.1) is 0 Å². The van der Waals surface area contributed by atoms with Crippen molar-refractivity contribution >= 4 is 65.2 Å². The van der Waals surface area contributed by atoms with Crippen molar-refractivity contribution in [2.45, 2.75) is 0 Å². The van der Waals surface area contributed by atoms with Gasteiger partial charge in [-0.2, -0.15) is 0 Å². The topological polar surface area (TPSA) is 30.7 Å². The molecule has 0 aliphatic carbocycles. The Hall–Kier alpha value is -7.88. The molecule has 2 aromatic heterocycles. The van der Waals surface area contributed by atoms with Gasteiger partial charge < -0.3 is 4.57 Å². The summed E-state index contributed by atoms with van der Waals surface area (Å²) in [5.74, 6) is 0. The van der Waals surface area contributed by atoms with Crippen LogP contribution in [0.5, 0.6) is 0 Å². The molecule has 0 aliphatic heterocycles. The second-order valence-corrected chi connectivity index (χ2v) is 15.4. The molecule has 2 heterocycles. The zero-order valence-corrected chi connectivity index (χ0v) is 32.0. The third-order valence-corrected chi connectivity index (χ3v) is 12.1. The highest BCUT2D eigenvalue weighted by Gasteiger charge is 2.16. The maximum Gasteiger partial charge on any atom is 0.0979 e. The van der Waals surface area contributed by atoms with Crippen molar-refractivity contribution in [1.29, 1.82) is 0 Å². The molecule has 0 N–H and O–H groups in total. The summed E-state index contributed by atoms with van der Waals surface area (Å²) < 4.78 is 2.43. The highest BCUT2D eigenvalue weighted by molar-refractivity contribution is 6.23. The minimum Gasteiger partial charge on any atom is -0.309 e. The van der Waals surface area contributed by atoms with E-state index in [1.54, 1.807) is 0 Å². The van der Waals surface area contributed by atoms with Crippen molar-refractivity contribution in [1.82, 2.24) is 14.5 Å². The van der Waals surface area contributed by atoms with Crippen LogP contribution in [0.4, 0.5) is 0 Å². The minimum atomic E-state index is 0.871. The van der Waals surface area contributed by atoms with Gasteiger partial charge in [0.1, 0.15) is 0 Å². The maximum absolute atomic E-state index is 5.18. The molecular weight excluding hydrogens is 715 g/mol. The summed E-state index contributed by atoms with van der Waals surface area (Å²) in [5.41, 5.74) is 14.5. The molecule has 12 rings (SSSR count). The van der Waals surface area contributed by atoms with E-state index in [0.717, 1.165) is 38.6 Å². The molecule has 0 amide bonds. The third kappa shape index (κ3) is 5.44. The molecule has 0 radical (unpaired) electrons. The fourth-order valence-electron chi connectivity index (χ4n) is 9.12. The number of nitrogens with zero attached hydrogens (tertiary/aromatic N) is 3. The maximum atomic E-state index is 5.18. The van der Waals surface area contributed by atoms with Crippen LogP contribution in [0.3, 0.4) is 0 Å². The molecule has 59 heavy (non-hydrogen) atoms. The van der Waals surface area contributed by atoms with Gasteiger partial charge in [0.05, 0.1) is 39.6 Å². The summed E-state index contributed by atoms with van der Waals surface area (Å²) >= 11 is 0. The second kappa shape index (κ2) is 13.4. The fraction of sp³-hybridized carbons (Fsp3) is 0. The predicted molar refractivity (Wildman–Crippen MR) is 248 cm³/mol. The van der Waals surface area contributed by atoms with Crippen LogP contribution >= 0.6 is 0 Å². The lowest BCUT2D eigenvalue weighted by atomic mass is 9.97. The summed E-state index contributed by atoms with van der Waals surface area (Å²) in [6, 6.07) is 74.3. The van der Waals surface area contributed by atoms with Crippen LogP contribution in [-0.4, -0.2) is 14.5 Å². The van der Waals surface area contributed by atoms with E-state index in [2.05, 4.69) is 211 Å². The second-order valence-electron chi connectivity index (χ2n) is 15.4. The molecule has 274 valence electrons. The normalized spacial score (nSPS) is 11.7. The Morgan fingerprint density at radius 1 is 0.305 bits per heavy atom. The van der Waals surface area contributed by atoms with E-state index < -0.39 is 0 Å². The average Bonchev–Trinajstić information content (AvgIpc) is 3.65. The molecule has 12 aromatic rings. The summed E-state index contributed by atoms with van der Waals surface area (Å²) in [6.07, 6.45) is 1.91. The monoisotopic (exact) mass is 749 g/mol. The van der Waals surface area contributed by atoms with Crippen LogP contribution in [-0.2, 0) is 0 Å². The Bertz CT molecular complexity index is 3540. The zero-order valence-electron chi connectivity index (χ0n) is 32.0.